The fourth-order valence-electron chi connectivity index (χ4n) is 9.33. The minimum absolute atomic E-state index is 0.0157. The topological polar surface area (TPSA) is 89.9 Å². The third-order valence-corrected chi connectivity index (χ3v) is 11.9. The van der Waals surface area contributed by atoms with E-state index < -0.39 is 23.1 Å². The van der Waals surface area contributed by atoms with Gasteiger partial charge in [-0.1, -0.05) is 26.0 Å². The first-order valence-electron chi connectivity index (χ1n) is 14.2. The van der Waals surface area contributed by atoms with Gasteiger partial charge in [-0.3, -0.25) is 14.4 Å². The second kappa shape index (κ2) is 10.2. The summed E-state index contributed by atoms with van der Waals surface area (Å²) in [6, 6.07) is 7.74. The molecule has 208 valence electrons. The molecule has 7 heteroatoms. The summed E-state index contributed by atoms with van der Waals surface area (Å²) < 4.78 is 12.6. The Bertz CT molecular complexity index is 1120. The maximum Gasteiger partial charge on any atom is 0.310 e. The van der Waals surface area contributed by atoms with Crippen LogP contribution in [-0.2, 0) is 30.3 Å². The maximum absolute atomic E-state index is 13.1. The molecular formula is C31H41IO6. The molecule has 0 spiro atoms. The van der Waals surface area contributed by atoms with Crippen LogP contribution in [0.2, 0.25) is 0 Å². The van der Waals surface area contributed by atoms with Gasteiger partial charge in [0.15, 0.2) is 11.4 Å². The molecule has 4 aliphatic rings. The van der Waals surface area contributed by atoms with Gasteiger partial charge in [0.2, 0.25) is 0 Å². The zero-order valence-corrected chi connectivity index (χ0v) is 25.2. The first kappa shape index (κ1) is 28.1. The number of halogens is 1. The molecule has 0 aliphatic heterocycles. The Labute approximate surface area is 239 Å². The number of carbonyl (C=O) groups is 3. The normalized spacial score (nSPS) is 41.8. The van der Waals surface area contributed by atoms with Crippen LogP contribution < -0.4 is 0 Å². The zero-order chi connectivity index (χ0) is 27.5. The van der Waals surface area contributed by atoms with Crippen molar-refractivity contribution in [2.75, 3.05) is 0 Å². The van der Waals surface area contributed by atoms with Crippen molar-refractivity contribution in [2.45, 2.75) is 103 Å². The van der Waals surface area contributed by atoms with E-state index in [9.17, 15) is 19.5 Å². The van der Waals surface area contributed by atoms with Crippen molar-refractivity contribution in [3.63, 3.8) is 0 Å². The summed E-state index contributed by atoms with van der Waals surface area (Å²) in [5.41, 5.74) is -1.26. The number of hydrogen-bond donors (Lipinski definition) is 1. The second-order valence-corrected chi connectivity index (χ2v) is 14.2. The summed E-state index contributed by atoms with van der Waals surface area (Å²) in [5.74, 6) is 0.624. The molecule has 0 aromatic heterocycles. The van der Waals surface area contributed by atoms with Gasteiger partial charge in [-0.25, -0.2) is 0 Å². The maximum atomic E-state index is 13.1. The van der Waals surface area contributed by atoms with Gasteiger partial charge >= 0.3 is 11.9 Å². The number of rotatable bonds is 5. The van der Waals surface area contributed by atoms with E-state index in [1.807, 2.05) is 24.3 Å². The molecule has 0 amide bonds. The molecule has 38 heavy (non-hydrogen) atoms. The van der Waals surface area contributed by atoms with Gasteiger partial charge < -0.3 is 14.6 Å². The fraction of sp³-hybridized carbons (Fsp3) is 0.710. The van der Waals surface area contributed by atoms with Crippen molar-refractivity contribution in [2.24, 2.45) is 34.5 Å². The summed E-state index contributed by atoms with van der Waals surface area (Å²) in [4.78, 5) is 37.7. The highest BCUT2D eigenvalue weighted by Gasteiger charge is 2.70. The van der Waals surface area contributed by atoms with Crippen LogP contribution in [0.25, 0.3) is 0 Å². The van der Waals surface area contributed by atoms with Gasteiger partial charge in [0, 0.05) is 15.9 Å². The third-order valence-electron chi connectivity index (χ3n) is 11.2. The number of esters is 2. The van der Waals surface area contributed by atoms with Crippen LogP contribution in [0, 0.1) is 38.1 Å². The van der Waals surface area contributed by atoms with E-state index >= 15 is 0 Å². The predicted molar refractivity (Wildman–Crippen MR) is 151 cm³/mol. The van der Waals surface area contributed by atoms with Crippen LogP contribution in [0.5, 0.6) is 0 Å². The molecule has 0 radical (unpaired) electrons. The lowest BCUT2D eigenvalue weighted by atomic mass is 9.44. The van der Waals surface area contributed by atoms with Crippen LogP contribution >= 0.6 is 22.6 Å². The molecule has 0 saturated heterocycles. The largest absolute Gasteiger partial charge is 0.463 e. The molecule has 4 fully saturated rings. The van der Waals surface area contributed by atoms with Crippen molar-refractivity contribution in [1.29, 1.82) is 0 Å². The Balaban J connectivity index is 1.37. The third kappa shape index (κ3) is 4.53. The lowest BCUT2D eigenvalue weighted by molar-refractivity contribution is -0.191. The number of aliphatic hydroxyl groups is 1. The van der Waals surface area contributed by atoms with E-state index in [-0.39, 0.29) is 35.6 Å². The molecule has 6 nitrogen and oxygen atoms in total. The first-order chi connectivity index (χ1) is 17.9. The number of benzene rings is 1. The minimum Gasteiger partial charge on any atom is -0.463 e. The van der Waals surface area contributed by atoms with Crippen molar-refractivity contribution >= 4 is 40.3 Å². The molecule has 0 unspecified atom stereocenters. The molecule has 1 aromatic rings. The summed E-state index contributed by atoms with van der Waals surface area (Å²) in [6.07, 6.45) is 6.51. The number of fused-ring (bicyclic) bond motifs is 5. The number of hydrogen-bond acceptors (Lipinski definition) is 6. The van der Waals surface area contributed by atoms with Crippen LogP contribution in [0.15, 0.2) is 24.3 Å². The summed E-state index contributed by atoms with van der Waals surface area (Å²) in [6.45, 7) is 7.43. The van der Waals surface area contributed by atoms with E-state index in [1.54, 1.807) is 0 Å². The number of Topliss-reactive ketones (excluding diaryl/α,β-unsaturated/α-hetero) is 1. The van der Waals surface area contributed by atoms with E-state index in [4.69, 9.17) is 9.47 Å². The smallest absolute Gasteiger partial charge is 0.310 e. The van der Waals surface area contributed by atoms with Crippen LogP contribution in [0.4, 0.5) is 0 Å². The summed E-state index contributed by atoms with van der Waals surface area (Å²) in [7, 11) is 0. The molecule has 9 atom stereocenters. The monoisotopic (exact) mass is 636 g/mol. The van der Waals surface area contributed by atoms with Crippen molar-refractivity contribution in [3.05, 3.63) is 33.4 Å². The summed E-state index contributed by atoms with van der Waals surface area (Å²) >= 11 is 2.22. The van der Waals surface area contributed by atoms with Crippen molar-refractivity contribution < 1.29 is 29.0 Å². The lowest BCUT2D eigenvalue weighted by Crippen LogP contribution is -2.61. The average molecular weight is 637 g/mol. The minimum atomic E-state index is -1.67. The standard InChI is InChI=1S/C31H41IO6/c1-18(33)31(36)27(38-28(35)15-20-6-5-7-22(32)14-20)17-26-24-9-8-21-16-23(37-19(2)34)10-12-29(21,3)25(24)11-13-30(26,31)4/h5-7,14,21,23-27,36H,8-13,15-17H2,1-4H3/t21-,23-,24-,25+,26+,27+,29-,30+,31-/m0/s1. The molecule has 0 heterocycles. The van der Waals surface area contributed by atoms with Crippen molar-refractivity contribution in [3.8, 4) is 0 Å². The number of carbonyl (C=O) groups excluding carboxylic acids is 3. The average Bonchev–Trinajstić information content (AvgIpc) is 3.06. The highest BCUT2D eigenvalue weighted by molar-refractivity contribution is 14.1. The second-order valence-electron chi connectivity index (χ2n) is 13.0. The van der Waals surface area contributed by atoms with Gasteiger partial charge in [-0.05, 0) is 128 Å². The Kier molecular flexibility index (Phi) is 7.51. The van der Waals surface area contributed by atoms with Crippen molar-refractivity contribution in [1.82, 2.24) is 0 Å². The number of ether oxygens (including phenoxy) is 2. The van der Waals surface area contributed by atoms with Crippen LogP contribution in [0.3, 0.4) is 0 Å². The van der Waals surface area contributed by atoms with E-state index in [1.165, 1.54) is 13.8 Å². The van der Waals surface area contributed by atoms with Crippen LogP contribution in [0.1, 0.15) is 84.6 Å². The fourth-order valence-corrected chi connectivity index (χ4v) is 9.94. The quantitative estimate of drug-likeness (QED) is 0.332. The molecule has 4 aliphatic carbocycles. The van der Waals surface area contributed by atoms with Gasteiger partial charge in [-0.2, -0.15) is 0 Å². The Morgan fingerprint density at radius 3 is 2.45 bits per heavy atom. The number of ketones is 1. The zero-order valence-electron chi connectivity index (χ0n) is 23.0. The molecule has 1 N–H and O–H groups in total. The summed E-state index contributed by atoms with van der Waals surface area (Å²) in [5, 5.41) is 12.1. The first-order valence-corrected chi connectivity index (χ1v) is 15.3. The Hall–Kier alpha value is -1.48. The molecule has 5 rings (SSSR count). The highest BCUT2D eigenvalue weighted by atomic mass is 127. The van der Waals surface area contributed by atoms with E-state index in [0.717, 1.165) is 54.1 Å². The van der Waals surface area contributed by atoms with Crippen LogP contribution in [-0.4, -0.2) is 40.6 Å². The molecular weight excluding hydrogens is 595 g/mol. The molecule has 0 bridgehead atoms. The van der Waals surface area contributed by atoms with Gasteiger partial charge in [-0.15, -0.1) is 0 Å². The Morgan fingerprint density at radius 1 is 1.00 bits per heavy atom. The predicted octanol–water partition coefficient (Wildman–Crippen LogP) is 5.65. The lowest BCUT2D eigenvalue weighted by Gasteiger charge is -2.61. The van der Waals surface area contributed by atoms with E-state index in [2.05, 4.69) is 36.4 Å². The highest BCUT2D eigenvalue weighted by Crippen LogP contribution is 2.68. The van der Waals surface area contributed by atoms with E-state index in [0.29, 0.717) is 24.2 Å². The molecule has 4 saturated carbocycles. The van der Waals surface area contributed by atoms with Gasteiger partial charge in [0.1, 0.15) is 12.2 Å². The molecule has 1 aromatic carbocycles. The SMILES string of the molecule is CC(=O)O[C@H]1CC[C@@]2(C)[C@@H](CC[C@H]3[C@H]2CC[C@]2(C)[C@@H]3C[C@@H](OC(=O)Cc3cccc(I)c3)[C@@]2(O)C(C)=O)C1. The van der Waals surface area contributed by atoms with Gasteiger partial charge in [0.25, 0.3) is 0 Å². The van der Waals surface area contributed by atoms with Gasteiger partial charge in [0.05, 0.1) is 6.42 Å². The Morgan fingerprint density at radius 2 is 1.76 bits per heavy atom.